The maximum absolute atomic E-state index is 12.8. The molecule has 0 spiro atoms. The van der Waals surface area contributed by atoms with Crippen LogP contribution in [0.15, 0.2) is 75.7 Å². The first kappa shape index (κ1) is 22.7. The molecule has 2 aliphatic rings. The Labute approximate surface area is 192 Å². The highest BCUT2D eigenvalue weighted by atomic mass is 32.2. The van der Waals surface area contributed by atoms with Gasteiger partial charge in [-0.3, -0.25) is 9.52 Å². The molecule has 0 saturated heterocycles. The molecule has 0 radical (unpaired) electrons. The molecular weight excluding hydrogens is 464 g/mol. The van der Waals surface area contributed by atoms with E-state index in [0.717, 1.165) is 11.1 Å². The van der Waals surface area contributed by atoms with Crippen molar-refractivity contribution >= 4 is 43.2 Å². The van der Waals surface area contributed by atoms with Gasteiger partial charge in [0.05, 0.1) is 21.9 Å². The van der Waals surface area contributed by atoms with E-state index in [-0.39, 0.29) is 28.6 Å². The van der Waals surface area contributed by atoms with Crippen LogP contribution in [0.4, 0.5) is 11.4 Å². The van der Waals surface area contributed by atoms with Gasteiger partial charge in [0.2, 0.25) is 0 Å². The normalized spacial score (nSPS) is 17.0. The van der Waals surface area contributed by atoms with E-state index in [1.165, 1.54) is 30.3 Å². The Morgan fingerprint density at radius 3 is 2.39 bits per heavy atom. The Morgan fingerprint density at radius 1 is 1.06 bits per heavy atom. The molecule has 0 aliphatic carbocycles. The van der Waals surface area contributed by atoms with E-state index in [1.807, 2.05) is 32.0 Å². The van der Waals surface area contributed by atoms with Crippen LogP contribution in [0.5, 0.6) is 0 Å². The smallest absolute Gasteiger partial charge is 0.261 e. The van der Waals surface area contributed by atoms with Crippen LogP contribution in [0, 0.1) is 13.8 Å². The number of amides is 1. The molecule has 2 heterocycles. The number of nitrogens with one attached hydrogen (secondary N) is 2. The number of benzene rings is 2. The SMILES string of the molecule is Cc1cccc(C)c1NS(=O)(=O)c1ccc(NC(=O)C2=CC=CN3CCS(=O)(=O)N=C23)cc1. The van der Waals surface area contributed by atoms with E-state index < -0.39 is 26.0 Å². The standard InChI is InChI=1S/C22H22N4O5S2/c1-15-5-3-6-16(2)20(15)24-33(30,31)18-10-8-17(9-11-18)23-22(27)19-7-4-12-26-13-14-32(28,29)25-21(19)26/h3-12,24H,13-14H2,1-2H3,(H,23,27). The van der Waals surface area contributed by atoms with Crippen molar-refractivity contribution in [2.45, 2.75) is 18.7 Å². The summed E-state index contributed by atoms with van der Waals surface area (Å²) in [6.45, 7) is 3.85. The van der Waals surface area contributed by atoms with Crippen LogP contribution < -0.4 is 10.0 Å². The lowest BCUT2D eigenvalue weighted by molar-refractivity contribution is -0.112. The second kappa shape index (κ2) is 8.49. The second-order valence-electron chi connectivity index (χ2n) is 7.67. The van der Waals surface area contributed by atoms with Crippen molar-refractivity contribution in [3.8, 4) is 0 Å². The van der Waals surface area contributed by atoms with E-state index in [9.17, 15) is 21.6 Å². The van der Waals surface area contributed by atoms with Gasteiger partial charge in [-0.05, 0) is 61.4 Å². The third-order valence-corrected chi connectivity index (χ3v) is 7.76. The Morgan fingerprint density at radius 2 is 1.73 bits per heavy atom. The summed E-state index contributed by atoms with van der Waals surface area (Å²) in [4.78, 5) is 14.4. The van der Waals surface area contributed by atoms with Gasteiger partial charge in [-0.25, -0.2) is 16.8 Å². The van der Waals surface area contributed by atoms with Crippen molar-refractivity contribution in [1.82, 2.24) is 4.90 Å². The molecule has 11 heteroatoms. The van der Waals surface area contributed by atoms with Gasteiger partial charge in [0, 0.05) is 18.4 Å². The highest BCUT2D eigenvalue weighted by molar-refractivity contribution is 7.92. The number of carbonyl (C=O) groups is 1. The first-order chi connectivity index (χ1) is 15.6. The minimum absolute atomic E-state index is 0.0388. The fourth-order valence-electron chi connectivity index (χ4n) is 3.48. The van der Waals surface area contributed by atoms with Crippen molar-refractivity contribution < 1.29 is 21.6 Å². The van der Waals surface area contributed by atoms with Gasteiger partial charge in [-0.1, -0.05) is 18.2 Å². The van der Waals surface area contributed by atoms with E-state index >= 15 is 0 Å². The van der Waals surface area contributed by atoms with Gasteiger partial charge < -0.3 is 10.2 Å². The minimum atomic E-state index is -3.83. The van der Waals surface area contributed by atoms with E-state index in [2.05, 4.69) is 14.4 Å². The van der Waals surface area contributed by atoms with Gasteiger partial charge >= 0.3 is 0 Å². The zero-order valence-electron chi connectivity index (χ0n) is 17.9. The third kappa shape index (κ3) is 4.83. The molecule has 1 amide bonds. The summed E-state index contributed by atoms with van der Waals surface area (Å²) in [5.41, 5.74) is 2.60. The molecule has 33 heavy (non-hydrogen) atoms. The number of hydrogen-bond donors (Lipinski definition) is 2. The zero-order chi connectivity index (χ0) is 23.8. The summed E-state index contributed by atoms with van der Waals surface area (Å²) in [6.07, 6.45) is 4.78. The Hall–Kier alpha value is -3.44. The predicted octanol–water partition coefficient (Wildman–Crippen LogP) is 2.54. The molecule has 2 aromatic rings. The molecule has 0 atom stereocenters. The lowest BCUT2D eigenvalue weighted by atomic mass is 10.1. The second-order valence-corrected chi connectivity index (χ2v) is 11.1. The quantitative estimate of drug-likeness (QED) is 0.669. The molecule has 9 nitrogen and oxygen atoms in total. The highest BCUT2D eigenvalue weighted by Crippen LogP contribution is 2.25. The van der Waals surface area contributed by atoms with Crippen LogP contribution >= 0.6 is 0 Å². The lowest BCUT2D eigenvalue weighted by Gasteiger charge is -2.28. The number of nitrogens with zero attached hydrogens (tertiary/aromatic N) is 2. The van der Waals surface area contributed by atoms with Gasteiger partial charge in [0.1, 0.15) is 0 Å². The first-order valence-electron chi connectivity index (χ1n) is 10.0. The molecule has 0 aromatic heterocycles. The van der Waals surface area contributed by atoms with E-state index in [0.29, 0.717) is 11.4 Å². The summed E-state index contributed by atoms with van der Waals surface area (Å²) in [6, 6.07) is 11.2. The number of rotatable bonds is 5. The van der Waals surface area contributed by atoms with Crippen molar-refractivity contribution in [1.29, 1.82) is 0 Å². The molecule has 4 rings (SSSR count). The average Bonchev–Trinajstić information content (AvgIpc) is 2.76. The molecule has 0 saturated carbocycles. The minimum Gasteiger partial charge on any atom is -0.331 e. The molecule has 2 aliphatic heterocycles. The van der Waals surface area contributed by atoms with E-state index in [1.54, 1.807) is 17.2 Å². The number of fused-ring (bicyclic) bond motifs is 1. The van der Waals surface area contributed by atoms with Crippen LogP contribution in [0.3, 0.4) is 0 Å². The number of allylic oxidation sites excluding steroid dienone is 2. The predicted molar refractivity (Wildman–Crippen MR) is 127 cm³/mol. The van der Waals surface area contributed by atoms with Gasteiger partial charge in [0.15, 0.2) is 5.84 Å². The Balaban J connectivity index is 1.52. The average molecular weight is 487 g/mol. The molecular formula is C22H22N4O5S2. The van der Waals surface area contributed by atoms with Crippen LogP contribution in [0.2, 0.25) is 0 Å². The number of aryl methyl sites for hydroxylation is 2. The van der Waals surface area contributed by atoms with Crippen LogP contribution in [0.1, 0.15) is 11.1 Å². The molecule has 0 bridgehead atoms. The summed E-state index contributed by atoms with van der Waals surface area (Å²) in [5, 5.41) is 2.66. The maximum atomic E-state index is 12.8. The number of hydrogen-bond acceptors (Lipinski definition) is 6. The number of carbonyl (C=O) groups excluding carboxylic acids is 1. The van der Waals surface area contributed by atoms with Crippen molar-refractivity contribution in [3.05, 3.63) is 77.5 Å². The van der Waals surface area contributed by atoms with Crippen molar-refractivity contribution in [3.63, 3.8) is 0 Å². The van der Waals surface area contributed by atoms with Gasteiger partial charge in [0.25, 0.3) is 26.0 Å². The lowest BCUT2D eigenvalue weighted by Crippen LogP contribution is -2.40. The Kier molecular flexibility index (Phi) is 5.85. The van der Waals surface area contributed by atoms with Crippen molar-refractivity contribution in [2.24, 2.45) is 4.40 Å². The Bertz CT molecular complexity index is 1400. The van der Waals surface area contributed by atoms with Crippen LogP contribution in [-0.4, -0.2) is 45.8 Å². The zero-order valence-corrected chi connectivity index (χ0v) is 19.6. The van der Waals surface area contributed by atoms with E-state index in [4.69, 9.17) is 0 Å². The van der Waals surface area contributed by atoms with Crippen molar-refractivity contribution in [2.75, 3.05) is 22.3 Å². The van der Waals surface area contributed by atoms with Crippen LogP contribution in [-0.2, 0) is 24.8 Å². The monoisotopic (exact) mass is 486 g/mol. The number of sulfonamides is 2. The van der Waals surface area contributed by atoms with Gasteiger partial charge in [-0.2, -0.15) is 0 Å². The topological polar surface area (TPSA) is 125 Å². The summed E-state index contributed by atoms with van der Waals surface area (Å²) in [7, 11) is -7.46. The maximum Gasteiger partial charge on any atom is 0.261 e. The molecule has 2 N–H and O–H groups in total. The summed E-state index contributed by atoms with van der Waals surface area (Å²) >= 11 is 0. The summed E-state index contributed by atoms with van der Waals surface area (Å²) < 4.78 is 55.7. The highest BCUT2D eigenvalue weighted by Gasteiger charge is 2.30. The molecule has 2 aromatic carbocycles. The number of amidine groups is 1. The number of para-hydroxylation sites is 1. The fraction of sp³-hybridized carbons (Fsp3) is 0.182. The first-order valence-corrected chi connectivity index (χ1v) is 13.1. The van der Waals surface area contributed by atoms with Gasteiger partial charge in [-0.15, -0.1) is 4.40 Å². The fourth-order valence-corrected chi connectivity index (χ4v) is 5.67. The molecule has 0 fully saturated rings. The molecule has 0 unspecified atom stereocenters. The largest absolute Gasteiger partial charge is 0.331 e. The third-order valence-electron chi connectivity index (χ3n) is 5.24. The number of anilines is 2. The molecule has 172 valence electrons. The van der Waals surface area contributed by atoms with Crippen LogP contribution in [0.25, 0.3) is 0 Å². The summed E-state index contributed by atoms with van der Waals surface area (Å²) in [5.74, 6) is -0.607.